The molecule has 128 valence electrons. The minimum atomic E-state index is -4.47. The zero-order chi connectivity index (χ0) is 17.5. The molecule has 1 unspecified atom stereocenters. The number of alkyl halides is 6. The van der Waals surface area contributed by atoms with Crippen molar-refractivity contribution >= 4 is 22.1 Å². The smallest absolute Gasteiger partial charge is 0.392 e. The van der Waals surface area contributed by atoms with Gasteiger partial charge in [-0.25, -0.2) is 0 Å². The van der Waals surface area contributed by atoms with Crippen molar-refractivity contribution in [3.63, 3.8) is 0 Å². The standard InChI is InChI=1S/C4H5F6P.C4H9O5P/c5-3(6,7)1-11-2-4(8,9)10;1-2-3(4(5)6)10(7,8)9/h11H,1-2H2;3H,2H2,1H3,(H,5,6)(H2,7,8,9). The van der Waals surface area contributed by atoms with Crippen LogP contribution in [-0.2, 0) is 9.36 Å². The van der Waals surface area contributed by atoms with E-state index >= 15 is 0 Å². The van der Waals surface area contributed by atoms with E-state index in [9.17, 15) is 35.7 Å². The van der Waals surface area contributed by atoms with Crippen LogP contribution in [0.15, 0.2) is 0 Å². The minimum Gasteiger partial charge on any atom is -0.481 e. The van der Waals surface area contributed by atoms with Crippen LogP contribution in [0.25, 0.3) is 0 Å². The molecule has 21 heavy (non-hydrogen) atoms. The van der Waals surface area contributed by atoms with Gasteiger partial charge in [-0.05, 0) is 6.42 Å². The second kappa shape index (κ2) is 8.92. The van der Waals surface area contributed by atoms with Crippen molar-refractivity contribution in [1.29, 1.82) is 0 Å². The monoisotopic (exact) mass is 366 g/mol. The lowest BCUT2D eigenvalue weighted by Gasteiger charge is -2.10. The lowest BCUT2D eigenvalue weighted by Crippen LogP contribution is -2.18. The Kier molecular flexibility index (Phi) is 9.73. The first-order valence-corrected chi connectivity index (χ1v) is 8.32. The third-order valence-electron chi connectivity index (χ3n) is 1.73. The van der Waals surface area contributed by atoms with E-state index in [-0.39, 0.29) is 6.42 Å². The van der Waals surface area contributed by atoms with Crippen molar-refractivity contribution in [3.8, 4) is 0 Å². The lowest BCUT2D eigenvalue weighted by atomic mass is 10.3. The van der Waals surface area contributed by atoms with Crippen LogP contribution in [0, 0.1) is 0 Å². The summed E-state index contributed by atoms with van der Waals surface area (Å²) in [5.41, 5.74) is -1.55. The van der Waals surface area contributed by atoms with Gasteiger partial charge in [0.1, 0.15) is 0 Å². The highest BCUT2D eigenvalue weighted by Gasteiger charge is 2.33. The number of rotatable bonds is 5. The van der Waals surface area contributed by atoms with Crippen LogP contribution in [0.3, 0.4) is 0 Å². The van der Waals surface area contributed by atoms with Gasteiger partial charge in [-0.15, -0.1) is 8.58 Å². The molecule has 0 bridgehead atoms. The number of hydrogen-bond donors (Lipinski definition) is 3. The average molecular weight is 366 g/mol. The third-order valence-corrected chi connectivity index (χ3v) is 4.43. The summed E-state index contributed by atoms with van der Waals surface area (Å²) in [6.45, 7) is 1.41. The molecule has 0 aromatic carbocycles. The van der Waals surface area contributed by atoms with Crippen LogP contribution in [0.1, 0.15) is 13.3 Å². The highest BCUT2D eigenvalue weighted by molar-refractivity contribution is 7.53. The van der Waals surface area contributed by atoms with Crippen molar-refractivity contribution < 1.29 is 50.6 Å². The molecule has 13 heteroatoms. The van der Waals surface area contributed by atoms with Crippen LogP contribution in [0.4, 0.5) is 26.3 Å². The Hall–Kier alpha value is -0.370. The molecule has 0 aromatic heterocycles. The van der Waals surface area contributed by atoms with Gasteiger partial charge in [0.15, 0.2) is 5.66 Å². The summed E-state index contributed by atoms with van der Waals surface area (Å²) in [5, 5.41) is 8.22. The fourth-order valence-electron chi connectivity index (χ4n) is 0.902. The van der Waals surface area contributed by atoms with E-state index in [1.807, 2.05) is 0 Å². The molecule has 0 rings (SSSR count). The zero-order valence-electron chi connectivity index (χ0n) is 10.6. The van der Waals surface area contributed by atoms with Crippen molar-refractivity contribution in [3.05, 3.63) is 0 Å². The first-order valence-electron chi connectivity index (χ1n) is 5.22. The maximum absolute atomic E-state index is 11.3. The topological polar surface area (TPSA) is 94.8 Å². The Morgan fingerprint density at radius 2 is 1.43 bits per heavy atom. The Morgan fingerprint density at radius 3 is 1.52 bits per heavy atom. The summed E-state index contributed by atoms with van der Waals surface area (Å²) in [4.78, 5) is 26.8. The molecule has 0 aliphatic heterocycles. The van der Waals surface area contributed by atoms with Crippen LogP contribution >= 0.6 is 16.2 Å². The molecule has 0 aliphatic rings. The summed E-state index contributed by atoms with van der Waals surface area (Å²) in [7, 11) is -5.55. The van der Waals surface area contributed by atoms with Gasteiger partial charge < -0.3 is 14.9 Å². The fraction of sp³-hybridized carbons (Fsp3) is 0.875. The number of halogens is 6. The molecule has 0 fully saturated rings. The number of aliphatic carboxylic acids is 1. The van der Waals surface area contributed by atoms with Crippen molar-refractivity contribution in [2.24, 2.45) is 0 Å². The Bertz CT molecular complexity index is 349. The Morgan fingerprint density at radius 1 is 1.10 bits per heavy atom. The Labute approximate surface area is 117 Å². The number of carbonyl (C=O) groups is 1. The predicted octanol–water partition coefficient (Wildman–Crippen LogP) is 2.82. The van der Waals surface area contributed by atoms with Gasteiger partial charge in [-0.2, -0.15) is 26.3 Å². The molecule has 0 spiro atoms. The van der Waals surface area contributed by atoms with Crippen LogP contribution in [0.2, 0.25) is 0 Å². The van der Waals surface area contributed by atoms with Gasteiger partial charge in [-0.3, -0.25) is 9.36 Å². The number of hydrogen-bond acceptors (Lipinski definition) is 2. The summed E-state index contributed by atoms with van der Waals surface area (Å²) in [5.74, 6) is -1.45. The lowest BCUT2D eigenvalue weighted by molar-refractivity contribution is -0.137. The van der Waals surface area contributed by atoms with Gasteiger partial charge in [0.2, 0.25) is 0 Å². The molecular weight excluding hydrogens is 352 g/mol. The Balaban J connectivity index is 0. The molecular formula is C8H14F6O5P2. The van der Waals surface area contributed by atoms with Crippen LogP contribution in [-0.4, -0.2) is 51.2 Å². The second-order valence-electron chi connectivity index (χ2n) is 3.69. The highest BCUT2D eigenvalue weighted by atomic mass is 31.2. The van der Waals surface area contributed by atoms with E-state index in [1.165, 1.54) is 6.92 Å². The summed E-state index contributed by atoms with van der Waals surface area (Å²) < 4.78 is 77.9. The predicted molar refractivity (Wildman–Crippen MR) is 63.9 cm³/mol. The van der Waals surface area contributed by atoms with Gasteiger partial charge in [-0.1, -0.05) is 6.92 Å². The molecule has 1 atom stereocenters. The molecule has 0 saturated heterocycles. The molecule has 0 aliphatic carbocycles. The van der Waals surface area contributed by atoms with E-state index in [4.69, 9.17) is 14.9 Å². The minimum absolute atomic E-state index is 0.0559. The first-order chi connectivity index (χ1) is 9.10. The molecule has 0 amide bonds. The van der Waals surface area contributed by atoms with Crippen molar-refractivity contribution in [1.82, 2.24) is 0 Å². The van der Waals surface area contributed by atoms with Crippen molar-refractivity contribution in [2.75, 3.05) is 12.3 Å². The molecule has 0 heterocycles. The molecule has 0 radical (unpaired) electrons. The molecule has 5 nitrogen and oxygen atoms in total. The van der Waals surface area contributed by atoms with Gasteiger partial charge in [0.05, 0.1) is 12.3 Å². The number of carboxylic acid groups (broad SMARTS) is 1. The average Bonchev–Trinajstić information content (AvgIpc) is 2.11. The quantitative estimate of drug-likeness (QED) is 0.514. The summed E-state index contributed by atoms with van der Waals surface area (Å²) >= 11 is 0. The van der Waals surface area contributed by atoms with Gasteiger partial charge in [0, 0.05) is 0 Å². The molecule has 3 N–H and O–H groups in total. The van der Waals surface area contributed by atoms with E-state index in [2.05, 4.69) is 0 Å². The van der Waals surface area contributed by atoms with Crippen LogP contribution < -0.4 is 0 Å². The molecule has 0 aromatic rings. The highest BCUT2D eigenvalue weighted by Crippen LogP contribution is 2.42. The second-order valence-corrected chi connectivity index (χ2v) is 6.69. The SMILES string of the molecule is CCC(C(=O)O)P(=O)(O)O.FC(F)(F)CPCC(F)(F)F. The van der Waals surface area contributed by atoms with E-state index in [0.29, 0.717) is 0 Å². The maximum atomic E-state index is 11.3. The number of carboxylic acids is 1. The van der Waals surface area contributed by atoms with E-state index in [0.717, 1.165) is 0 Å². The zero-order valence-corrected chi connectivity index (χ0v) is 12.5. The summed E-state index contributed by atoms with van der Waals surface area (Å²) in [6.07, 6.45) is -11.7. The normalized spacial score (nSPS) is 14.1. The van der Waals surface area contributed by atoms with Gasteiger partial charge >= 0.3 is 25.9 Å². The van der Waals surface area contributed by atoms with Gasteiger partial charge in [0.25, 0.3) is 0 Å². The fourth-order valence-corrected chi connectivity index (χ4v) is 2.36. The van der Waals surface area contributed by atoms with Crippen LogP contribution in [0.5, 0.6) is 0 Å². The van der Waals surface area contributed by atoms with E-state index in [1.54, 1.807) is 0 Å². The third kappa shape index (κ3) is 15.8. The first kappa shape index (κ1) is 22.9. The largest absolute Gasteiger partial charge is 0.481 e. The van der Waals surface area contributed by atoms with Crippen molar-refractivity contribution in [2.45, 2.75) is 31.4 Å². The molecule has 0 saturated carbocycles. The maximum Gasteiger partial charge on any atom is 0.392 e. The van der Waals surface area contributed by atoms with E-state index < -0.39 is 52.5 Å². The summed E-state index contributed by atoms with van der Waals surface area (Å²) in [6, 6.07) is 0.